The van der Waals surface area contributed by atoms with Gasteiger partial charge in [-0.25, -0.2) is 0 Å². The highest BCUT2D eigenvalue weighted by atomic mass is 14.8. The SMILES string of the molecule is CNCC/C=N\C=C/C(=N)C(C)C. The van der Waals surface area contributed by atoms with E-state index >= 15 is 0 Å². The quantitative estimate of drug-likeness (QED) is 0.477. The number of hydrogen-bond acceptors (Lipinski definition) is 3. The molecule has 0 atom stereocenters. The lowest BCUT2D eigenvalue weighted by atomic mass is 10.1. The molecule has 74 valence electrons. The molecule has 2 N–H and O–H groups in total. The summed E-state index contributed by atoms with van der Waals surface area (Å²) in [6.45, 7) is 4.94. The van der Waals surface area contributed by atoms with Crippen molar-refractivity contribution in [3.63, 3.8) is 0 Å². The Bertz CT molecular complexity index is 192. The lowest BCUT2D eigenvalue weighted by Gasteiger charge is -1.98. The second-order valence-electron chi connectivity index (χ2n) is 3.15. The van der Waals surface area contributed by atoms with Crippen LogP contribution >= 0.6 is 0 Å². The lowest BCUT2D eigenvalue weighted by molar-refractivity contribution is 0.830. The fourth-order valence-corrected chi connectivity index (χ4v) is 0.660. The normalized spacial score (nSPS) is 12.0. The fraction of sp³-hybridized carbons (Fsp3) is 0.600. The average Bonchev–Trinajstić information content (AvgIpc) is 2.10. The second kappa shape index (κ2) is 7.68. The monoisotopic (exact) mass is 181 g/mol. The molecular formula is C10H19N3. The topological polar surface area (TPSA) is 48.2 Å². The molecule has 0 aromatic heterocycles. The molecule has 3 heteroatoms. The Labute approximate surface area is 80.5 Å². The highest BCUT2D eigenvalue weighted by molar-refractivity contribution is 5.93. The van der Waals surface area contributed by atoms with Gasteiger partial charge >= 0.3 is 0 Å². The van der Waals surface area contributed by atoms with E-state index in [0.29, 0.717) is 5.71 Å². The fourth-order valence-electron chi connectivity index (χ4n) is 0.660. The molecule has 0 spiro atoms. The predicted octanol–water partition coefficient (Wildman–Crippen LogP) is 1.86. The van der Waals surface area contributed by atoms with Crippen LogP contribution in [0.15, 0.2) is 17.3 Å². The van der Waals surface area contributed by atoms with Crippen LogP contribution in [0, 0.1) is 11.3 Å². The maximum atomic E-state index is 7.49. The van der Waals surface area contributed by atoms with Crippen LogP contribution in [-0.4, -0.2) is 25.5 Å². The summed E-state index contributed by atoms with van der Waals surface area (Å²) in [6, 6.07) is 0. The summed E-state index contributed by atoms with van der Waals surface area (Å²) in [5.41, 5.74) is 0.616. The van der Waals surface area contributed by atoms with Gasteiger partial charge in [-0.05, 0) is 32.0 Å². The Morgan fingerprint density at radius 2 is 2.23 bits per heavy atom. The molecule has 0 aliphatic rings. The van der Waals surface area contributed by atoms with Crippen LogP contribution < -0.4 is 5.32 Å². The van der Waals surface area contributed by atoms with Gasteiger partial charge in [-0.15, -0.1) is 0 Å². The molecule has 0 unspecified atom stereocenters. The molecule has 0 amide bonds. The molecule has 0 fully saturated rings. The van der Waals surface area contributed by atoms with Crippen molar-refractivity contribution in [3.8, 4) is 0 Å². The summed E-state index contributed by atoms with van der Waals surface area (Å²) in [5, 5.41) is 10.5. The zero-order valence-corrected chi connectivity index (χ0v) is 8.67. The third-order valence-electron chi connectivity index (χ3n) is 1.59. The van der Waals surface area contributed by atoms with Crippen molar-refractivity contribution in [1.82, 2.24) is 5.32 Å². The van der Waals surface area contributed by atoms with Gasteiger partial charge < -0.3 is 10.7 Å². The van der Waals surface area contributed by atoms with Gasteiger partial charge in [0.05, 0.1) is 0 Å². The van der Waals surface area contributed by atoms with E-state index < -0.39 is 0 Å². The van der Waals surface area contributed by atoms with Crippen molar-refractivity contribution >= 4 is 11.9 Å². The van der Waals surface area contributed by atoms with E-state index in [0.717, 1.165) is 13.0 Å². The maximum absolute atomic E-state index is 7.49. The predicted molar refractivity (Wildman–Crippen MR) is 58.7 cm³/mol. The third kappa shape index (κ3) is 7.40. The highest BCUT2D eigenvalue weighted by Crippen LogP contribution is 1.95. The maximum Gasteiger partial charge on any atom is 0.0354 e. The van der Waals surface area contributed by atoms with E-state index in [1.807, 2.05) is 27.1 Å². The van der Waals surface area contributed by atoms with Crippen molar-refractivity contribution in [3.05, 3.63) is 12.3 Å². The minimum Gasteiger partial charge on any atom is -0.319 e. The van der Waals surface area contributed by atoms with Crippen LogP contribution in [0.1, 0.15) is 20.3 Å². The average molecular weight is 181 g/mol. The number of nitrogens with zero attached hydrogens (tertiary/aromatic N) is 1. The van der Waals surface area contributed by atoms with E-state index in [9.17, 15) is 0 Å². The van der Waals surface area contributed by atoms with Crippen LogP contribution in [0.2, 0.25) is 0 Å². The molecule has 3 nitrogen and oxygen atoms in total. The van der Waals surface area contributed by atoms with Crippen LogP contribution in [0.5, 0.6) is 0 Å². The van der Waals surface area contributed by atoms with Crippen LogP contribution in [-0.2, 0) is 0 Å². The summed E-state index contributed by atoms with van der Waals surface area (Å²) in [5.74, 6) is 0.281. The zero-order valence-electron chi connectivity index (χ0n) is 8.67. The van der Waals surface area contributed by atoms with Gasteiger partial charge in [-0.3, -0.25) is 4.99 Å². The zero-order chi connectivity index (χ0) is 10.1. The number of rotatable bonds is 6. The number of nitrogens with one attached hydrogen (secondary N) is 2. The lowest BCUT2D eigenvalue weighted by Crippen LogP contribution is -2.07. The first-order valence-corrected chi connectivity index (χ1v) is 4.59. The second-order valence-corrected chi connectivity index (χ2v) is 3.15. The van der Waals surface area contributed by atoms with Gasteiger partial charge in [0.25, 0.3) is 0 Å². The van der Waals surface area contributed by atoms with E-state index in [4.69, 9.17) is 5.41 Å². The summed E-state index contributed by atoms with van der Waals surface area (Å²) < 4.78 is 0. The van der Waals surface area contributed by atoms with E-state index in [1.54, 1.807) is 12.3 Å². The first-order valence-electron chi connectivity index (χ1n) is 4.59. The third-order valence-corrected chi connectivity index (χ3v) is 1.59. The van der Waals surface area contributed by atoms with E-state index in [1.165, 1.54) is 0 Å². The van der Waals surface area contributed by atoms with Gasteiger partial charge in [0.2, 0.25) is 0 Å². The standard InChI is InChI=1S/C10H19N3/c1-9(2)10(11)5-8-13-7-4-6-12-3/h5,7-9,11-12H,4,6H2,1-3H3/b8-5-,11-10?,13-7-. The summed E-state index contributed by atoms with van der Waals surface area (Å²) in [7, 11) is 1.91. The first-order chi connectivity index (χ1) is 6.18. The van der Waals surface area contributed by atoms with Crippen LogP contribution in [0.4, 0.5) is 0 Å². The van der Waals surface area contributed by atoms with Crippen molar-refractivity contribution in [2.24, 2.45) is 10.9 Å². The number of hydrogen-bond donors (Lipinski definition) is 2. The molecule has 0 rings (SSSR count). The number of aliphatic imine (C=N–C) groups is 1. The minimum atomic E-state index is 0.281. The number of allylic oxidation sites excluding steroid dienone is 1. The first kappa shape index (κ1) is 12.0. The van der Waals surface area contributed by atoms with Crippen LogP contribution in [0.25, 0.3) is 0 Å². The Morgan fingerprint density at radius 3 is 2.77 bits per heavy atom. The highest BCUT2D eigenvalue weighted by Gasteiger charge is 1.95. The smallest absolute Gasteiger partial charge is 0.0354 e. The summed E-state index contributed by atoms with van der Waals surface area (Å²) >= 11 is 0. The van der Waals surface area contributed by atoms with Crippen molar-refractivity contribution in [1.29, 1.82) is 5.41 Å². The molecule has 0 aromatic rings. The van der Waals surface area contributed by atoms with Gasteiger partial charge in [0.1, 0.15) is 0 Å². The Balaban J connectivity index is 3.62. The molecular weight excluding hydrogens is 162 g/mol. The van der Waals surface area contributed by atoms with E-state index in [-0.39, 0.29) is 5.92 Å². The Morgan fingerprint density at radius 1 is 1.54 bits per heavy atom. The molecule has 0 saturated carbocycles. The van der Waals surface area contributed by atoms with Gasteiger partial charge in [0.15, 0.2) is 0 Å². The van der Waals surface area contributed by atoms with Gasteiger partial charge in [-0.1, -0.05) is 13.8 Å². The van der Waals surface area contributed by atoms with Crippen LogP contribution in [0.3, 0.4) is 0 Å². The van der Waals surface area contributed by atoms with Gasteiger partial charge in [0, 0.05) is 18.1 Å². The molecule has 0 saturated heterocycles. The minimum absolute atomic E-state index is 0.281. The molecule has 0 aliphatic carbocycles. The van der Waals surface area contributed by atoms with Crippen molar-refractivity contribution < 1.29 is 0 Å². The Kier molecular flexibility index (Phi) is 7.11. The summed E-state index contributed by atoms with van der Waals surface area (Å²) in [6.07, 6.45) is 6.19. The molecule has 0 radical (unpaired) electrons. The van der Waals surface area contributed by atoms with E-state index in [2.05, 4.69) is 10.3 Å². The molecule has 13 heavy (non-hydrogen) atoms. The van der Waals surface area contributed by atoms with Crippen molar-refractivity contribution in [2.75, 3.05) is 13.6 Å². The molecule has 0 bridgehead atoms. The summed E-state index contributed by atoms with van der Waals surface area (Å²) in [4.78, 5) is 4.04. The Hall–Kier alpha value is -0.960. The largest absolute Gasteiger partial charge is 0.319 e. The van der Waals surface area contributed by atoms with Crippen molar-refractivity contribution in [2.45, 2.75) is 20.3 Å². The molecule has 0 aromatic carbocycles. The molecule has 0 heterocycles. The molecule has 0 aliphatic heterocycles. The van der Waals surface area contributed by atoms with Gasteiger partial charge in [-0.2, -0.15) is 0 Å².